The zero-order valence-corrected chi connectivity index (χ0v) is 17.1. The fourth-order valence-corrected chi connectivity index (χ4v) is 3.93. The molecule has 1 aliphatic heterocycles. The molecule has 29 heavy (non-hydrogen) atoms. The molecule has 1 aromatic heterocycles. The number of furan rings is 1. The molecule has 1 aliphatic rings. The number of hydrogen-bond donors (Lipinski definition) is 0. The predicted molar refractivity (Wildman–Crippen MR) is 120 cm³/mol. The van der Waals surface area contributed by atoms with Crippen molar-refractivity contribution in [3.8, 4) is 0 Å². The number of halogens is 2. The summed E-state index contributed by atoms with van der Waals surface area (Å²) in [6.07, 6.45) is 0.612. The Labute approximate surface area is 178 Å². The van der Waals surface area contributed by atoms with Gasteiger partial charge in [-0.15, -0.1) is 5.10 Å². The maximum absolute atomic E-state index is 6.27. The smallest absolute Gasteiger partial charge is 0.159 e. The third-order valence-electron chi connectivity index (χ3n) is 5.05. The minimum absolute atomic E-state index is 0.612. The summed E-state index contributed by atoms with van der Waals surface area (Å²) in [6, 6.07) is 21.5. The molecule has 0 fully saturated rings. The molecule has 0 bridgehead atoms. The van der Waals surface area contributed by atoms with Crippen LogP contribution < -0.4 is 0 Å². The number of fused-ring (bicyclic) bond motifs is 3. The summed E-state index contributed by atoms with van der Waals surface area (Å²) in [5, 5.41) is 11.6. The lowest BCUT2D eigenvalue weighted by molar-refractivity contribution is 0.601. The molecular formula is C24H16Cl2N2O. The number of aryl methyl sites for hydroxylation is 1. The average molecular weight is 419 g/mol. The highest BCUT2D eigenvalue weighted by Gasteiger charge is 2.25. The Morgan fingerprint density at radius 3 is 2.45 bits per heavy atom. The number of nitrogens with zero attached hydrogens (tertiary/aromatic N) is 2. The maximum atomic E-state index is 6.27. The van der Waals surface area contributed by atoms with Gasteiger partial charge in [0.15, 0.2) is 5.76 Å². The van der Waals surface area contributed by atoms with Crippen molar-refractivity contribution in [3.05, 3.63) is 105 Å². The first-order chi connectivity index (χ1) is 14.1. The van der Waals surface area contributed by atoms with Gasteiger partial charge in [0.1, 0.15) is 11.3 Å². The third kappa shape index (κ3) is 3.37. The van der Waals surface area contributed by atoms with E-state index < -0.39 is 0 Å². The Morgan fingerprint density at radius 1 is 0.828 bits per heavy atom. The van der Waals surface area contributed by atoms with E-state index in [0.29, 0.717) is 22.2 Å². The molecule has 0 amide bonds. The highest BCUT2D eigenvalue weighted by Crippen LogP contribution is 2.32. The number of rotatable bonds is 2. The van der Waals surface area contributed by atoms with Crippen LogP contribution in [-0.2, 0) is 6.42 Å². The Bertz CT molecular complexity index is 1300. The van der Waals surface area contributed by atoms with Gasteiger partial charge in [-0.05, 0) is 48.9 Å². The van der Waals surface area contributed by atoms with Gasteiger partial charge in [-0.25, -0.2) is 0 Å². The molecular weight excluding hydrogens is 403 g/mol. The van der Waals surface area contributed by atoms with Gasteiger partial charge in [-0.1, -0.05) is 59.1 Å². The topological polar surface area (TPSA) is 37.9 Å². The summed E-state index contributed by atoms with van der Waals surface area (Å²) in [7, 11) is 0. The standard InChI is InChI=1S/C24H16Cl2N2O/c1-14-5-10-22-19(11-14)20-13-21(15-6-8-17(25)9-7-15)27-28-23(24(20)29-22)16-3-2-4-18(26)12-16/h2-12H,13H2,1H3. The van der Waals surface area contributed by atoms with Crippen LogP contribution in [0, 0.1) is 6.92 Å². The van der Waals surface area contributed by atoms with Crippen LogP contribution in [0.4, 0.5) is 0 Å². The second kappa shape index (κ2) is 7.18. The zero-order chi connectivity index (χ0) is 20.0. The molecule has 0 saturated heterocycles. The minimum Gasteiger partial charge on any atom is -0.454 e. The van der Waals surface area contributed by atoms with Crippen molar-refractivity contribution in [1.29, 1.82) is 0 Å². The van der Waals surface area contributed by atoms with Crippen LogP contribution in [0.2, 0.25) is 10.0 Å². The quantitative estimate of drug-likeness (QED) is 0.350. The van der Waals surface area contributed by atoms with Crippen molar-refractivity contribution in [1.82, 2.24) is 0 Å². The number of benzene rings is 3. The van der Waals surface area contributed by atoms with Crippen LogP contribution >= 0.6 is 23.2 Å². The van der Waals surface area contributed by atoms with E-state index in [1.54, 1.807) is 0 Å². The molecule has 0 unspecified atom stereocenters. The molecule has 5 heteroatoms. The lowest BCUT2D eigenvalue weighted by Crippen LogP contribution is -2.06. The van der Waals surface area contributed by atoms with Gasteiger partial charge in [0, 0.05) is 33.0 Å². The van der Waals surface area contributed by atoms with E-state index in [2.05, 4.69) is 29.3 Å². The van der Waals surface area contributed by atoms with Crippen LogP contribution in [0.25, 0.3) is 11.0 Å². The number of hydrogen-bond acceptors (Lipinski definition) is 3. The molecule has 0 N–H and O–H groups in total. The van der Waals surface area contributed by atoms with Gasteiger partial charge in [0.05, 0.1) is 5.71 Å². The fraction of sp³-hybridized carbons (Fsp3) is 0.0833. The first kappa shape index (κ1) is 18.2. The minimum atomic E-state index is 0.612. The van der Waals surface area contributed by atoms with Crippen LogP contribution in [0.15, 0.2) is 81.4 Å². The summed E-state index contributed by atoms with van der Waals surface area (Å²) >= 11 is 12.3. The fourth-order valence-electron chi connectivity index (χ4n) is 3.61. The Morgan fingerprint density at radius 2 is 1.66 bits per heavy atom. The van der Waals surface area contributed by atoms with E-state index in [9.17, 15) is 0 Å². The second-order valence-corrected chi connectivity index (χ2v) is 7.97. The summed E-state index contributed by atoms with van der Waals surface area (Å²) in [5.41, 5.74) is 6.50. The van der Waals surface area contributed by atoms with Gasteiger partial charge >= 0.3 is 0 Å². The van der Waals surface area contributed by atoms with Crippen LogP contribution in [0.3, 0.4) is 0 Å². The largest absolute Gasteiger partial charge is 0.454 e. The zero-order valence-electron chi connectivity index (χ0n) is 15.6. The Kier molecular flexibility index (Phi) is 4.50. The molecule has 0 aliphatic carbocycles. The lowest BCUT2D eigenvalue weighted by Gasteiger charge is -2.05. The van der Waals surface area contributed by atoms with E-state index in [1.807, 2.05) is 54.6 Å². The van der Waals surface area contributed by atoms with Crippen LogP contribution in [-0.4, -0.2) is 11.4 Å². The molecule has 142 valence electrons. The first-order valence-electron chi connectivity index (χ1n) is 9.27. The van der Waals surface area contributed by atoms with E-state index in [-0.39, 0.29) is 0 Å². The normalized spacial score (nSPS) is 13.6. The van der Waals surface area contributed by atoms with Crippen molar-refractivity contribution < 1.29 is 4.42 Å². The van der Waals surface area contributed by atoms with Crippen molar-refractivity contribution in [2.75, 3.05) is 0 Å². The van der Waals surface area contributed by atoms with Crippen molar-refractivity contribution in [2.24, 2.45) is 10.2 Å². The molecule has 3 nitrogen and oxygen atoms in total. The van der Waals surface area contributed by atoms with Crippen LogP contribution in [0.5, 0.6) is 0 Å². The molecule has 0 saturated carbocycles. The molecule has 2 heterocycles. The van der Waals surface area contributed by atoms with Crippen molar-refractivity contribution in [2.45, 2.75) is 13.3 Å². The Balaban J connectivity index is 1.75. The van der Waals surface area contributed by atoms with Crippen LogP contribution in [0.1, 0.15) is 28.0 Å². The summed E-state index contributed by atoms with van der Waals surface area (Å²) in [6.45, 7) is 2.08. The van der Waals surface area contributed by atoms with Gasteiger partial charge in [0.25, 0.3) is 0 Å². The molecule has 0 atom stereocenters. The predicted octanol–water partition coefficient (Wildman–Crippen LogP) is 6.85. The van der Waals surface area contributed by atoms with E-state index in [1.165, 1.54) is 5.56 Å². The van der Waals surface area contributed by atoms with Crippen molar-refractivity contribution >= 4 is 45.6 Å². The molecule has 5 rings (SSSR count). The monoisotopic (exact) mass is 418 g/mol. The molecule has 3 aromatic carbocycles. The van der Waals surface area contributed by atoms with E-state index >= 15 is 0 Å². The van der Waals surface area contributed by atoms with Gasteiger partial charge in [-0.3, -0.25) is 0 Å². The Hall–Kier alpha value is -2.88. The summed E-state index contributed by atoms with van der Waals surface area (Å²) < 4.78 is 6.27. The first-order valence-corrected chi connectivity index (χ1v) is 10.0. The van der Waals surface area contributed by atoms with E-state index in [0.717, 1.165) is 39.1 Å². The highest BCUT2D eigenvalue weighted by molar-refractivity contribution is 6.31. The molecule has 0 radical (unpaired) electrons. The van der Waals surface area contributed by atoms with Gasteiger partial charge in [0.2, 0.25) is 0 Å². The summed E-state index contributed by atoms with van der Waals surface area (Å²) in [4.78, 5) is 0. The third-order valence-corrected chi connectivity index (χ3v) is 5.54. The van der Waals surface area contributed by atoms with Crippen molar-refractivity contribution in [3.63, 3.8) is 0 Å². The van der Waals surface area contributed by atoms with E-state index in [4.69, 9.17) is 27.6 Å². The van der Waals surface area contributed by atoms with Gasteiger partial charge in [-0.2, -0.15) is 5.10 Å². The highest BCUT2D eigenvalue weighted by atomic mass is 35.5. The van der Waals surface area contributed by atoms with Gasteiger partial charge < -0.3 is 4.42 Å². The SMILES string of the molecule is Cc1ccc2oc3c(c2c1)CC(c1ccc(Cl)cc1)=NN=C3c1cccc(Cl)c1. The second-order valence-electron chi connectivity index (χ2n) is 7.10. The average Bonchev–Trinajstić information content (AvgIpc) is 2.94. The lowest BCUT2D eigenvalue weighted by atomic mass is 9.96. The molecule has 0 spiro atoms. The maximum Gasteiger partial charge on any atom is 0.159 e. The molecule has 4 aromatic rings. The summed E-state index contributed by atoms with van der Waals surface area (Å²) in [5.74, 6) is 0.737.